The molecular formula is C18H24N4O3S. The lowest BCUT2D eigenvalue weighted by Gasteiger charge is -2.17. The van der Waals surface area contributed by atoms with E-state index in [1.165, 1.54) is 4.88 Å². The fraction of sp³-hybridized carbons (Fsp3) is 0.556. The number of carbonyl (C=O) groups is 2. The van der Waals surface area contributed by atoms with Gasteiger partial charge in [0.1, 0.15) is 10.7 Å². The molecule has 1 atom stereocenters. The second-order valence-electron chi connectivity index (χ2n) is 6.77. The van der Waals surface area contributed by atoms with Crippen LogP contribution in [0.4, 0.5) is 0 Å². The number of fused-ring (bicyclic) bond motifs is 3. The maximum atomic E-state index is 12.5. The highest BCUT2D eigenvalue weighted by Gasteiger charge is 2.23. The van der Waals surface area contributed by atoms with Gasteiger partial charge in [-0.25, -0.2) is 4.98 Å². The minimum absolute atomic E-state index is 0.0362. The van der Waals surface area contributed by atoms with Crippen LogP contribution >= 0.6 is 11.3 Å². The molecule has 0 unspecified atom stereocenters. The zero-order chi connectivity index (χ0) is 18.7. The number of amides is 2. The van der Waals surface area contributed by atoms with E-state index in [0.717, 1.165) is 35.0 Å². The summed E-state index contributed by atoms with van der Waals surface area (Å²) in [6.45, 7) is 4.55. The van der Waals surface area contributed by atoms with E-state index >= 15 is 0 Å². The predicted molar refractivity (Wildman–Crippen MR) is 101 cm³/mol. The van der Waals surface area contributed by atoms with Gasteiger partial charge in [-0.3, -0.25) is 14.4 Å². The monoisotopic (exact) mass is 376 g/mol. The first kappa shape index (κ1) is 18.6. The van der Waals surface area contributed by atoms with E-state index in [0.29, 0.717) is 24.7 Å². The maximum absolute atomic E-state index is 12.5. The number of thiophene rings is 1. The molecule has 0 bridgehead atoms. The van der Waals surface area contributed by atoms with Crippen molar-refractivity contribution in [2.75, 3.05) is 13.1 Å². The van der Waals surface area contributed by atoms with Crippen LogP contribution in [0.2, 0.25) is 0 Å². The zero-order valence-corrected chi connectivity index (χ0v) is 15.9. The lowest BCUT2D eigenvalue weighted by atomic mass is 9.89. The van der Waals surface area contributed by atoms with Crippen LogP contribution in [-0.4, -0.2) is 34.9 Å². The highest BCUT2D eigenvalue weighted by Crippen LogP contribution is 2.35. The van der Waals surface area contributed by atoms with Gasteiger partial charge in [0.2, 0.25) is 11.8 Å². The molecule has 2 aromatic rings. The predicted octanol–water partition coefficient (Wildman–Crippen LogP) is 1.29. The Morgan fingerprint density at radius 1 is 1.31 bits per heavy atom. The van der Waals surface area contributed by atoms with Crippen molar-refractivity contribution in [3.63, 3.8) is 0 Å². The molecule has 2 heterocycles. The molecule has 1 aliphatic rings. The number of hydrogen-bond acceptors (Lipinski definition) is 5. The molecule has 7 nitrogen and oxygen atoms in total. The number of carbonyl (C=O) groups excluding carboxylic acids is 2. The number of aryl methyl sites for hydroxylation is 2. The van der Waals surface area contributed by atoms with Gasteiger partial charge >= 0.3 is 0 Å². The Labute approximate surface area is 155 Å². The number of H-pyrrole nitrogens is 1. The minimum atomic E-state index is -0.238. The van der Waals surface area contributed by atoms with Crippen molar-refractivity contribution in [1.82, 2.24) is 20.6 Å². The standard InChI is InChI=1S/C18H24N4O3S/c1-3-19-15(24)9-20-14(23)7-6-13-21-17(25)16-11-5-4-10(2)8-12(11)26-18(16)22-13/h10H,3-9H2,1-2H3,(H,19,24)(H,20,23)(H,21,22,25)/t10-/m1/s1. The van der Waals surface area contributed by atoms with E-state index in [9.17, 15) is 14.4 Å². The summed E-state index contributed by atoms with van der Waals surface area (Å²) in [5.41, 5.74) is 1.04. The third kappa shape index (κ3) is 4.12. The van der Waals surface area contributed by atoms with Crippen LogP contribution in [0.15, 0.2) is 4.79 Å². The molecule has 26 heavy (non-hydrogen) atoms. The summed E-state index contributed by atoms with van der Waals surface area (Å²) in [5, 5.41) is 5.91. The molecule has 8 heteroatoms. The van der Waals surface area contributed by atoms with Crippen LogP contribution in [0.1, 0.15) is 43.0 Å². The van der Waals surface area contributed by atoms with Gasteiger partial charge in [-0.1, -0.05) is 6.92 Å². The molecule has 0 saturated heterocycles. The molecule has 0 aromatic carbocycles. The van der Waals surface area contributed by atoms with Crippen molar-refractivity contribution in [1.29, 1.82) is 0 Å². The van der Waals surface area contributed by atoms with E-state index in [2.05, 4.69) is 27.5 Å². The van der Waals surface area contributed by atoms with Crippen molar-refractivity contribution < 1.29 is 9.59 Å². The molecule has 0 fully saturated rings. The Balaban J connectivity index is 1.67. The van der Waals surface area contributed by atoms with Crippen molar-refractivity contribution in [2.24, 2.45) is 5.92 Å². The van der Waals surface area contributed by atoms with Gasteiger partial charge in [-0.05, 0) is 37.7 Å². The average Bonchev–Trinajstić information content (AvgIpc) is 2.96. The Bertz CT molecular complexity index is 886. The van der Waals surface area contributed by atoms with Crippen LogP contribution in [0.3, 0.4) is 0 Å². The fourth-order valence-electron chi connectivity index (χ4n) is 3.27. The second-order valence-corrected chi connectivity index (χ2v) is 7.86. The number of rotatable bonds is 6. The molecular weight excluding hydrogens is 352 g/mol. The van der Waals surface area contributed by atoms with Gasteiger partial charge in [-0.15, -0.1) is 11.3 Å². The molecule has 140 valence electrons. The van der Waals surface area contributed by atoms with Gasteiger partial charge in [-0.2, -0.15) is 0 Å². The van der Waals surface area contributed by atoms with Gasteiger partial charge in [0.05, 0.1) is 11.9 Å². The number of hydrogen-bond donors (Lipinski definition) is 3. The zero-order valence-electron chi connectivity index (χ0n) is 15.1. The van der Waals surface area contributed by atoms with Crippen LogP contribution in [0.5, 0.6) is 0 Å². The lowest BCUT2D eigenvalue weighted by molar-refractivity contribution is -0.126. The van der Waals surface area contributed by atoms with E-state index in [4.69, 9.17) is 0 Å². The third-order valence-corrected chi connectivity index (χ3v) is 5.77. The van der Waals surface area contributed by atoms with Gasteiger partial charge in [0, 0.05) is 24.3 Å². The first-order chi connectivity index (χ1) is 12.5. The van der Waals surface area contributed by atoms with Gasteiger partial charge in [0.15, 0.2) is 0 Å². The van der Waals surface area contributed by atoms with Crippen molar-refractivity contribution in [3.05, 3.63) is 26.6 Å². The molecule has 2 amide bonds. The van der Waals surface area contributed by atoms with E-state index in [-0.39, 0.29) is 30.3 Å². The first-order valence-corrected chi connectivity index (χ1v) is 9.86. The molecule has 1 aliphatic carbocycles. The molecule has 3 rings (SSSR count). The quantitative estimate of drug-likeness (QED) is 0.707. The molecule has 0 spiro atoms. The van der Waals surface area contributed by atoms with E-state index < -0.39 is 0 Å². The van der Waals surface area contributed by atoms with Gasteiger partial charge in [0.25, 0.3) is 5.56 Å². The largest absolute Gasteiger partial charge is 0.355 e. The average molecular weight is 376 g/mol. The lowest BCUT2D eigenvalue weighted by Crippen LogP contribution is -2.36. The molecule has 3 N–H and O–H groups in total. The first-order valence-electron chi connectivity index (χ1n) is 9.04. The smallest absolute Gasteiger partial charge is 0.259 e. The summed E-state index contributed by atoms with van der Waals surface area (Å²) in [5.74, 6) is 0.704. The van der Waals surface area contributed by atoms with Gasteiger partial charge < -0.3 is 15.6 Å². The summed E-state index contributed by atoms with van der Waals surface area (Å²) in [7, 11) is 0. The van der Waals surface area contributed by atoms with Crippen molar-refractivity contribution in [3.8, 4) is 0 Å². The minimum Gasteiger partial charge on any atom is -0.355 e. The Morgan fingerprint density at radius 3 is 2.88 bits per heavy atom. The summed E-state index contributed by atoms with van der Waals surface area (Å²) in [6.07, 6.45) is 3.56. The number of aromatic nitrogens is 2. The Hall–Kier alpha value is -2.22. The maximum Gasteiger partial charge on any atom is 0.259 e. The second kappa shape index (κ2) is 7.99. The van der Waals surface area contributed by atoms with Crippen LogP contribution in [-0.2, 0) is 28.9 Å². The molecule has 2 aromatic heterocycles. The molecule has 0 saturated carbocycles. The van der Waals surface area contributed by atoms with Crippen LogP contribution in [0.25, 0.3) is 10.2 Å². The topological polar surface area (TPSA) is 104 Å². The molecule has 0 aliphatic heterocycles. The molecule has 0 radical (unpaired) electrons. The number of likely N-dealkylation sites (N-methyl/N-ethyl adjacent to an activating group) is 1. The third-order valence-electron chi connectivity index (χ3n) is 4.62. The van der Waals surface area contributed by atoms with Crippen LogP contribution < -0.4 is 16.2 Å². The van der Waals surface area contributed by atoms with Crippen molar-refractivity contribution in [2.45, 2.75) is 46.0 Å². The Morgan fingerprint density at radius 2 is 2.12 bits per heavy atom. The highest BCUT2D eigenvalue weighted by molar-refractivity contribution is 7.18. The Kier molecular flexibility index (Phi) is 5.70. The number of nitrogens with zero attached hydrogens (tertiary/aromatic N) is 1. The van der Waals surface area contributed by atoms with Crippen LogP contribution in [0, 0.1) is 5.92 Å². The summed E-state index contributed by atoms with van der Waals surface area (Å²) >= 11 is 1.60. The van der Waals surface area contributed by atoms with Crippen molar-refractivity contribution >= 4 is 33.4 Å². The summed E-state index contributed by atoms with van der Waals surface area (Å²) in [4.78, 5) is 45.1. The highest BCUT2D eigenvalue weighted by atomic mass is 32.1. The summed E-state index contributed by atoms with van der Waals surface area (Å²) in [6, 6.07) is 0. The summed E-state index contributed by atoms with van der Waals surface area (Å²) < 4.78 is 0. The SMILES string of the molecule is CCNC(=O)CNC(=O)CCc1nc2sc3c(c2c(=O)[nH]1)CC[C@@H](C)C3. The number of aromatic amines is 1. The van der Waals surface area contributed by atoms with E-state index in [1.54, 1.807) is 11.3 Å². The normalized spacial score (nSPS) is 16.3. The number of nitrogens with one attached hydrogen (secondary N) is 3. The van der Waals surface area contributed by atoms with E-state index in [1.807, 2.05) is 6.92 Å². The fourth-order valence-corrected chi connectivity index (χ4v) is 4.67.